The first-order valence-electron chi connectivity index (χ1n) is 8.27. The molecule has 0 N–H and O–H groups in total. The van der Waals surface area contributed by atoms with Crippen molar-refractivity contribution in [2.45, 2.75) is 20.3 Å². The Kier molecular flexibility index (Phi) is 6.20. The van der Waals surface area contributed by atoms with Crippen LogP contribution in [0.2, 0.25) is 0 Å². The molecule has 2 amide bonds. The van der Waals surface area contributed by atoms with Gasteiger partial charge >= 0.3 is 0 Å². The van der Waals surface area contributed by atoms with E-state index in [9.17, 15) is 9.59 Å². The quantitative estimate of drug-likeness (QED) is 0.748. The lowest BCUT2D eigenvalue weighted by molar-refractivity contribution is -0.138. The Morgan fingerprint density at radius 3 is 2.05 bits per heavy atom. The molecule has 2 aliphatic rings. The molecule has 2 aliphatic heterocycles. The molecule has 0 aromatic rings. The van der Waals surface area contributed by atoms with E-state index in [2.05, 4.69) is 13.8 Å². The highest BCUT2D eigenvalue weighted by molar-refractivity contribution is 5.81. The lowest BCUT2D eigenvalue weighted by Crippen LogP contribution is -2.49. The van der Waals surface area contributed by atoms with Crippen molar-refractivity contribution in [3.63, 3.8) is 0 Å². The summed E-state index contributed by atoms with van der Waals surface area (Å²) in [5.41, 5.74) is 0. The second-order valence-electron chi connectivity index (χ2n) is 6.91. The maximum atomic E-state index is 12.4. The Hall–Kier alpha value is -1.14. The van der Waals surface area contributed by atoms with Crippen LogP contribution in [0.1, 0.15) is 20.3 Å². The van der Waals surface area contributed by atoms with Gasteiger partial charge in [0.15, 0.2) is 0 Å². The van der Waals surface area contributed by atoms with Crippen molar-refractivity contribution in [2.75, 3.05) is 59.5 Å². The molecule has 0 aliphatic carbocycles. The predicted octanol–water partition coefficient (Wildman–Crippen LogP) is 0.282. The monoisotopic (exact) mass is 311 g/mol. The summed E-state index contributed by atoms with van der Waals surface area (Å²) < 4.78 is 5.25. The maximum Gasteiger partial charge on any atom is 0.236 e. The minimum Gasteiger partial charge on any atom is -0.378 e. The third-order valence-corrected chi connectivity index (χ3v) is 4.40. The molecule has 0 bridgehead atoms. The average Bonchev–Trinajstić information content (AvgIpc) is 2.47. The first-order valence-corrected chi connectivity index (χ1v) is 8.27. The molecule has 6 heteroatoms. The maximum absolute atomic E-state index is 12.4. The van der Waals surface area contributed by atoms with Gasteiger partial charge in [0.05, 0.1) is 26.3 Å². The Labute approximate surface area is 133 Å². The first-order chi connectivity index (χ1) is 10.5. The largest absolute Gasteiger partial charge is 0.378 e. The molecular formula is C16H29N3O3. The van der Waals surface area contributed by atoms with Crippen LogP contribution in [-0.4, -0.2) is 86.0 Å². The summed E-state index contributed by atoms with van der Waals surface area (Å²) >= 11 is 0. The van der Waals surface area contributed by atoms with Gasteiger partial charge < -0.3 is 14.5 Å². The van der Waals surface area contributed by atoms with E-state index >= 15 is 0 Å². The molecule has 126 valence electrons. The van der Waals surface area contributed by atoms with E-state index in [4.69, 9.17) is 4.74 Å². The SMILES string of the molecule is CC1CC(C)CN(C(=O)CN(C)CC(=O)N2CCOCC2)C1. The fourth-order valence-corrected chi connectivity index (χ4v) is 3.40. The molecule has 2 heterocycles. The molecule has 2 atom stereocenters. The molecule has 2 rings (SSSR count). The fraction of sp³-hybridized carbons (Fsp3) is 0.875. The minimum atomic E-state index is 0.0824. The number of likely N-dealkylation sites (tertiary alicyclic amines) is 1. The normalized spacial score (nSPS) is 26.4. The second-order valence-corrected chi connectivity index (χ2v) is 6.91. The molecular weight excluding hydrogens is 282 g/mol. The van der Waals surface area contributed by atoms with Crippen LogP contribution in [0.25, 0.3) is 0 Å². The summed E-state index contributed by atoms with van der Waals surface area (Å²) in [6.07, 6.45) is 1.19. The van der Waals surface area contributed by atoms with Crippen LogP contribution in [0, 0.1) is 11.8 Å². The number of ether oxygens (including phenoxy) is 1. The van der Waals surface area contributed by atoms with Gasteiger partial charge in [-0.25, -0.2) is 0 Å². The number of hydrogen-bond donors (Lipinski definition) is 0. The summed E-state index contributed by atoms with van der Waals surface area (Å²) in [6, 6.07) is 0. The van der Waals surface area contributed by atoms with Gasteiger partial charge in [-0.3, -0.25) is 14.5 Å². The van der Waals surface area contributed by atoms with Crippen LogP contribution in [0.15, 0.2) is 0 Å². The van der Waals surface area contributed by atoms with E-state index in [0.717, 1.165) is 13.1 Å². The molecule has 0 aromatic heterocycles. The van der Waals surface area contributed by atoms with Crippen LogP contribution in [0.3, 0.4) is 0 Å². The summed E-state index contributed by atoms with van der Waals surface area (Å²) in [4.78, 5) is 30.2. The standard InChI is InChI=1S/C16H29N3O3/c1-13-8-14(2)10-19(9-13)16(21)12-17(3)11-15(20)18-4-6-22-7-5-18/h13-14H,4-12H2,1-3H3. The summed E-state index contributed by atoms with van der Waals surface area (Å²) in [5, 5.41) is 0. The van der Waals surface area contributed by atoms with Crippen molar-refractivity contribution in [3.8, 4) is 0 Å². The Morgan fingerprint density at radius 1 is 1.00 bits per heavy atom. The molecule has 0 saturated carbocycles. The summed E-state index contributed by atoms with van der Waals surface area (Å²) in [5.74, 6) is 1.34. The molecule has 22 heavy (non-hydrogen) atoms. The molecule has 0 radical (unpaired) electrons. The van der Waals surface area contributed by atoms with Crippen molar-refractivity contribution in [1.82, 2.24) is 14.7 Å². The van der Waals surface area contributed by atoms with Crippen molar-refractivity contribution in [2.24, 2.45) is 11.8 Å². The zero-order valence-electron chi connectivity index (χ0n) is 14.1. The van der Waals surface area contributed by atoms with E-state index in [-0.39, 0.29) is 11.8 Å². The van der Waals surface area contributed by atoms with Gasteiger partial charge in [-0.05, 0) is 25.3 Å². The topological polar surface area (TPSA) is 53.1 Å². The van der Waals surface area contributed by atoms with Gasteiger partial charge in [-0.2, -0.15) is 0 Å². The Morgan fingerprint density at radius 2 is 1.50 bits per heavy atom. The Bertz CT molecular complexity index is 386. The van der Waals surface area contributed by atoms with E-state index in [0.29, 0.717) is 51.2 Å². The van der Waals surface area contributed by atoms with E-state index in [1.165, 1.54) is 6.42 Å². The van der Waals surface area contributed by atoms with E-state index < -0.39 is 0 Å². The smallest absolute Gasteiger partial charge is 0.236 e. The van der Waals surface area contributed by atoms with Gasteiger partial charge in [0.2, 0.25) is 11.8 Å². The van der Waals surface area contributed by atoms with Gasteiger partial charge in [-0.15, -0.1) is 0 Å². The van der Waals surface area contributed by atoms with Crippen molar-refractivity contribution < 1.29 is 14.3 Å². The van der Waals surface area contributed by atoms with Crippen LogP contribution in [0.4, 0.5) is 0 Å². The highest BCUT2D eigenvalue weighted by atomic mass is 16.5. The number of piperidine rings is 1. The number of carbonyl (C=O) groups excluding carboxylic acids is 2. The van der Waals surface area contributed by atoms with Crippen LogP contribution >= 0.6 is 0 Å². The highest BCUT2D eigenvalue weighted by Gasteiger charge is 2.26. The van der Waals surface area contributed by atoms with Crippen molar-refractivity contribution in [1.29, 1.82) is 0 Å². The van der Waals surface area contributed by atoms with Crippen molar-refractivity contribution in [3.05, 3.63) is 0 Å². The van der Waals surface area contributed by atoms with Crippen LogP contribution in [0.5, 0.6) is 0 Å². The second kappa shape index (κ2) is 7.92. The third-order valence-electron chi connectivity index (χ3n) is 4.40. The predicted molar refractivity (Wildman–Crippen MR) is 84.4 cm³/mol. The van der Waals surface area contributed by atoms with Crippen LogP contribution < -0.4 is 0 Å². The Balaban J connectivity index is 1.76. The van der Waals surface area contributed by atoms with Gasteiger partial charge in [0.25, 0.3) is 0 Å². The number of amides is 2. The van der Waals surface area contributed by atoms with Crippen molar-refractivity contribution >= 4 is 11.8 Å². The first kappa shape index (κ1) is 17.2. The third kappa shape index (κ3) is 4.95. The fourth-order valence-electron chi connectivity index (χ4n) is 3.40. The van der Waals surface area contributed by atoms with Gasteiger partial charge in [0.1, 0.15) is 0 Å². The van der Waals surface area contributed by atoms with Gasteiger partial charge in [-0.1, -0.05) is 13.8 Å². The molecule has 2 unspecified atom stereocenters. The zero-order valence-corrected chi connectivity index (χ0v) is 14.1. The number of morpholine rings is 1. The molecule has 2 fully saturated rings. The number of likely N-dealkylation sites (N-methyl/N-ethyl adjacent to an activating group) is 1. The number of hydrogen-bond acceptors (Lipinski definition) is 4. The van der Waals surface area contributed by atoms with Crippen LogP contribution in [-0.2, 0) is 14.3 Å². The molecule has 0 aromatic carbocycles. The number of nitrogens with zero attached hydrogens (tertiary/aromatic N) is 3. The zero-order chi connectivity index (χ0) is 16.1. The highest BCUT2D eigenvalue weighted by Crippen LogP contribution is 2.20. The number of carbonyl (C=O) groups is 2. The van der Waals surface area contributed by atoms with E-state index in [1.807, 2.05) is 21.7 Å². The lowest BCUT2D eigenvalue weighted by atomic mass is 9.92. The minimum absolute atomic E-state index is 0.0824. The van der Waals surface area contributed by atoms with Gasteiger partial charge in [0, 0.05) is 26.2 Å². The molecule has 2 saturated heterocycles. The molecule has 0 spiro atoms. The van der Waals surface area contributed by atoms with E-state index in [1.54, 1.807) is 0 Å². The number of rotatable bonds is 4. The average molecular weight is 311 g/mol. The summed E-state index contributed by atoms with van der Waals surface area (Å²) in [6.45, 7) is 9.21. The lowest BCUT2D eigenvalue weighted by Gasteiger charge is -2.36. The molecule has 6 nitrogen and oxygen atoms in total. The summed E-state index contributed by atoms with van der Waals surface area (Å²) in [7, 11) is 1.84.